The molecule has 2 atom stereocenters. The summed E-state index contributed by atoms with van der Waals surface area (Å²) in [6.45, 7) is 1.92. The van der Waals surface area contributed by atoms with Gasteiger partial charge in [0.2, 0.25) is 11.9 Å². The predicted octanol–water partition coefficient (Wildman–Crippen LogP) is 4.86. The zero-order valence-electron chi connectivity index (χ0n) is 22.1. The SMILES string of the molecule is CNC(=O)C1(CCC#N)CC[C@@H](Nc2ncc3c(Br)nn(-c4ccc(-c5nnc(C)s5)c(CCC#N)c4)c3n2)C1. The third-order valence-electron chi connectivity index (χ3n) is 7.34. The summed E-state index contributed by atoms with van der Waals surface area (Å²) >= 11 is 5.06. The average Bonchev–Trinajstić information content (AvgIpc) is 3.67. The molecule has 1 aliphatic carbocycles. The van der Waals surface area contributed by atoms with Crippen molar-refractivity contribution in [2.45, 2.75) is 57.9 Å². The number of nitrogens with one attached hydrogen (secondary N) is 2. The lowest BCUT2D eigenvalue weighted by molar-refractivity contribution is -0.130. The highest BCUT2D eigenvalue weighted by Crippen LogP contribution is 2.43. The summed E-state index contributed by atoms with van der Waals surface area (Å²) in [5.41, 5.74) is 2.79. The molecule has 1 unspecified atom stereocenters. The molecule has 4 aromatic rings. The molecule has 13 heteroatoms. The fourth-order valence-corrected chi connectivity index (χ4v) is 6.57. The molecule has 0 spiro atoms. The number of rotatable bonds is 9. The minimum absolute atomic E-state index is 0.000449. The Morgan fingerprint density at radius 3 is 2.83 bits per heavy atom. The molecule has 40 heavy (non-hydrogen) atoms. The van der Waals surface area contributed by atoms with E-state index in [0.717, 1.165) is 38.6 Å². The Bertz CT molecular complexity index is 1650. The number of carbonyl (C=O) groups is 1. The Balaban J connectivity index is 1.46. The van der Waals surface area contributed by atoms with E-state index in [4.69, 9.17) is 10.2 Å². The maximum Gasteiger partial charge on any atom is 0.226 e. The maximum absolute atomic E-state index is 12.7. The van der Waals surface area contributed by atoms with Crippen LogP contribution in [0, 0.1) is 35.0 Å². The van der Waals surface area contributed by atoms with Crippen molar-refractivity contribution in [3.63, 3.8) is 0 Å². The molecular formula is C27H27BrN10OS. The standard InChI is InChI=1S/C27H27BrN10OS/c1-16-35-36-24(40-16)20-7-6-19(13-17(20)5-3-11-29)38-23-21(22(28)37-38)15-32-26(34-23)33-18-8-10-27(14-18,9-4-12-30)25(39)31-2/h6-7,13,15,18H,3-5,8-10,14H2,1-2H3,(H,31,39)(H,32,33,34)/t18-,27?/m1/s1. The molecule has 1 amide bonds. The highest BCUT2D eigenvalue weighted by molar-refractivity contribution is 9.10. The molecule has 204 valence electrons. The summed E-state index contributed by atoms with van der Waals surface area (Å²) in [4.78, 5) is 22.0. The molecule has 3 aromatic heterocycles. The Labute approximate surface area is 243 Å². The van der Waals surface area contributed by atoms with E-state index < -0.39 is 5.41 Å². The first-order chi connectivity index (χ1) is 19.4. The van der Waals surface area contributed by atoms with Crippen LogP contribution in [0.5, 0.6) is 0 Å². The predicted molar refractivity (Wildman–Crippen MR) is 155 cm³/mol. The van der Waals surface area contributed by atoms with E-state index in [1.165, 1.54) is 11.3 Å². The van der Waals surface area contributed by atoms with E-state index in [1.807, 2.05) is 25.1 Å². The second kappa shape index (κ2) is 11.7. The summed E-state index contributed by atoms with van der Waals surface area (Å²) in [5, 5.41) is 40.1. The van der Waals surface area contributed by atoms with E-state index in [0.29, 0.717) is 54.7 Å². The van der Waals surface area contributed by atoms with Crippen LogP contribution in [0.4, 0.5) is 5.95 Å². The number of anilines is 1. The van der Waals surface area contributed by atoms with Gasteiger partial charge < -0.3 is 10.6 Å². The third kappa shape index (κ3) is 5.40. The van der Waals surface area contributed by atoms with Crippen LogP contribution in [0.25, 0.3) is 27.3 Å². The molecule has 1 saturated carbocycles. The molecule has 0 radical (unpaired) electrons. The van der Waals surface area contributed by atoms with Crippen molar-refractivity contribution in [3.05, 3.63) is 39.6 Å². The molecule has 0 bridgehead atoms. The summed E-state index contributed by atoms with van der Waals surface area (Å²) in [5.74, 6) is 0.426. The lowest BCUT2D eigenvalue weighted by Crippen LogP contribution is -2.38. The lowest BCUT2D eigenvalue weighted by Gasteiger charge is -2.26. The summed E-state index contributed by atoms with van der Waals surface area (Å²) in [6.07, 6.45) is 5.62. The third-order valence-corrected chi connectivity index (χ3v) is 8.80. The highest BCUT2D eigenvalue weighted by atomic mass is 79.9. The van der Waals surface area contributed by atoms with Crippen LogP contribution in [0.1, 0.15) is 49.1 Å². The second-order valence-electron chi connectivity index (χ2n) is 9.86. The molecule has 3 heterocycles. The Hall–Kier alpha value is -3.94. The number of hydrogen-bond acceptors (Lipinski definition) is 10. The average molecular weight is 620 g/mol. The van der Waals surface area contributed by atoms with Crippen LogP contribution < -0.4 is 10.6 Å². The van der Waals surface area contributed by atoms with Gasteiger partial charge in [0.05, 0.1) is 28.6 Å². The largest absolute Gasteiger partial charge is 0.359 e. The van der Waals surface area contributed by atoms with Crippen molar-refractivity contribution in [2.75, 3.05) is 12.4 Å². The van der Waals surface area contributed by atoms with Crippen molar-refractivity contribution >= 4 is 50.2 Å². The van der Waals surface area contributed by atoms with Crippen molar-refractivity contribution in [1.82, 2.24) is 35.3 Å². The van der Waals surface area contributed by atoms with Crippen LogP contribution in [-0.2, 0) is 11.2 Å². The fraction of sp³-hybridized carbons (Fsp3) is 0.407. The number of benzene rings is 1. The van der Waals surface area contributed by atoms with Crippen LogP contribution in [0.3, 0.4) is 0 Å². The van der Waals surface area contributed by atoms with Gasteiger partial charge in [-0.15, -0.1) is 10.2 Å². The highest BCUT2D eigenvalue weighted by Gasteiger charge is 2.44. The zero-order chi connectivity index (χ0) is 28.3. The van der Waals surface area contributed by atoms with Crippen LogP contribution in [-0.4, -0.2) is 48.9 Å². The first-order valence-corrected chi connectivity index (χ1v) is 14.6. The number of halogens is 1. The van der Waals surface area contributed by atoms with Gasteiger partial charge in [0.25, 0.3) is 0 Å². The van der Waals surface area contributed by atoms with Crippen LogP contribution >= 0.6 is 27.3 Å². The Morgan fingerprint density at radius 1 is 1.27 bits per heavy atom. The van der Waals surface area contributed by atoms with Gasteiger partial charge in [0.1, 0.15) is 14.6 Å². The molecule has 1 fully saturated rings. The van der Waals surface area contributed by atoms with Crippen LogP contribution in [0.15, 0.2) is 29.0 Å². The Kier molecular flexibility index (Phi) is 8.05. The molecule has 1 aliphatic rings. The van der Waals surface area contributed by atoms with Gasteiger partial charge in [-0.1, -0.05) is 11.3 Å². The van der Waals surface area contributed by atoms with E-state index in [-0.39, 0.29) is 11.9 Å². The van der Waals surface area contributed by atoms with Crippen molar-refractivity contribution < 1.29 is 4.79 Å². The topological polar surface area (TPSA) is 158 Å². The maximum atomic E-state index is 12.7. The lowest BCUT2D eigenvalue weighted by atomic mass is 9.80. The molecular weight excluding hydrogens is 592 g/mol. The molecule has 0 saturated heterocycles. The number of hydrogen-bond donors (Lipinski definition) is 2. The number of carbonyl (C=O) groups excluding carboxylic acids is 1. The quantitative estimate of drug-likeness (QED) is 0.267. The number of nitriles is 2. The van der Waals surface area contributed by atoms with Gasteiger partial charge in [-0.05, 0) is 78.7 Å². The van der Waals surface area contributed by atoms with Crippen molar-refractivity contribution in [1.29, 1.82) is 10.5 Å². The molecule has 11 nitrogen and oxygen atoms in total. The number of nitrogens with zero attached hydrogens (tertiary/aromatic N) is 8. The molecule has 1 aromatic carbocycles. The van der Waals surface area contributed by atoms with E-state index in [9.17, 15) is 10.1 Å². The first kappa shape index (κ1) is 27.6. The summed E-state index contributed by atoms with van der Waals surface area (Å²) in [6, 6.07) is 10.4. The van der Waals surface area contributed by atoms with E-state index >= 15 is 0 Å². The van der Waals surface area contributed by atoms with E-state index in [1.54, 1.807) is 17.9 Å². The van der Waals surface area contributed by atoms with Crippen LogP contribution in [0.2, 0.25) is 0 Å². The minimum atomic E-state index is -0.565. The summed E-state index contributed by atoms with van der Waals surface area (Å²) < 4.78 is 2.38. The van der Waals surface area contributed by atoms with Gasteiger partial charge in [-0.2, -0.15) is 20.6 Å². The van der Waals surface area contributed by atoms with Gasteiger partial charge >= 0.3 is 0 Å². The van der Waals surface area contributed by atoms with Crippen molar-refractivity contribution in [3.8, 4) is 28.4 Å². The van der Waals surface area contributed by atoms with Gasteiger partial charge in [0.15, 0.2) is 5.65 Å². The fourth-order valence-electron chi connectivity index (χ4n) is 5.38. The van der Waals surface area contributed by atoms with Crippen molar-refractivity contribution in [2.24, 2.45) is 5.41 Å². The number of fused-ring (bicyclic) bond motifs is 1. The minimum Gasteiger partial charge on any atom is -0.359 e. The molecule has 0 aliphatic heterocycles. The molecule has 2 N–H and O–H groups in total. The summed E-state index contributed by atoms with van der Waals surface area (Å²) in [7, 11) is 1.64. The zero-order valence-corrected chi connectivity index (χ0v) is 24.5. The molecule has 5 rings (SSSR count). The van der Waals surface area contributed by atoms with E-state index in [2.05, 4.69) is 59.0 Å². The van der Waals surface area contributed by atoms with Gasteiger partial charge in [-0.3, -0.25) is 4.79 Å². The van der Waals surface area contributed by atoms with Gasteiger partial charge in [-0.25, -0.2) is 9.67 Å². The first-order valence-electron chi connectivity index (χ1n) is 12.9. The monoisotopic (exact) mass is 618 g/mol. The van der Waals surface area contributed by atoms with Gasteiger partial charge in [0, 0.05) is 37.7 Å². The normalized spacial score (nSPS) is 18.4. The Morgan fingerprint density at radius 2 is 2.10 bits per heavy atom. The number of aryl methyl sites for hydroxylation is 2. The number of amides is 1. The smallest absolute Gasteiger partial charge is 0.226 e. The number of aromatic nitrogens is 6. The second-order valence-corrected chi connectivity index (χ2v) is 11.8.